The standard InChI is InChI=1S/C28H31Cl2N2/c1-18-8-12-23-21(16-18)27(2,3)25(31(23)6)14-10-19(29)11-15-26-28(4,5)22-17-20(30)9-13-24(22)32(26)7/h8-17H,1-7H3/q+1. The quantitative estimate of drug-likeness (QED) is 0.333. The number of rotatable bonds is 3. The van der Waals surface area contributed by atoms with Crippen LogP contribution in [0.1, 0.15) is 44.4 Å². The number of anilines is 1. The molecule has 0 N–H and O–H groups in total. The van der Waals surface area contributed by atoms with Crippen molar-refractivity contribution in [3.63, 3.8) is 0 Å². The third kappa shape index (κ3) is 3.64. The lowest BCUT2D eigenvalue weighted by atomic mass is 9.81. The minimum atomic E-state index is -0.145. The second-order valence-electron chi connectivity index (χ2n) is 9.87. The molecule has 0 saturated heterocycles. The Morgan fingerprint density at radius 3 is 2.44 bits per heavy atom. The van der Waals surface area contributed by atoms with Crippen LogP contribution in [-0.2, 0) is 10.8 Å². The highest BCUT2D eigenvalue weighted by Crippen LogP contribution is 2.47. The van der Waals surface area contributed by atoms with Gasteiger partial charge >= 0.3 is 0 Å². The van der Waals surface area contributed by atoms with Gasteiger partial charge in [-0.1, -0.05) is 54.7 Å². The number of halogens is 2. The maximum atomic E-state index is 6.65. The lowest BCUT2D eigenvalue weighted by molar-refractivity contribution is -0.401. The molecule has 2 aliphatic heterocycles. The molecule has 0 atom stereocenters. The van der Waals surface area contributed by atoms with E-state index < -0.39 is 0 Å². The van der Waals surface area contributed by atoms with Crippen molar-refractivity contribution in [2.24, 2.45) is 0 Å². The Bertz CT molecular complexity index is 1230. The molecule has 4 rings (SSSR count). The molecule has 0 unspecified atom stereocenters. The summed E-state index contributed by atoms with van der Waals surface area (Å²) in [6.45, 7) is 11.1. The molecule has 2 aromatic carbocycles. The Morgan fingerprint density at radius 1 is 1.00 bits per heavy atom. The maximum Gasteiger partial charge on any atom is 0.209 e. The van der Waals surface area contributed by atoms with Gasteiger partial charge in [0.2, 0.25) is 5.69 Å². The van der Waals surface area contributed by atoms with Gasteiger partial charge in [0.1, 0.15) is 7.05 Å². The molecule has 32 heavy (non-hydrogen) atoms. The summed E-state index contributed by atoms with van der Waals surface area (Å²) < 4.78 is 2.22. The number of hydrogen-bond acceptors (Lipinski definition) is 1. The topological polar surface area (TPSA) is 6.25 Å². The van der Waals surface area contributed by atoms with Crippen LogP contribution in [0.4, 0.5) is 11.4 Å². The van der Waals surface area contributed by atoms with Crippen LogP contribution in [0.5, 0.6) is 0 Å². The summed E-state index contributed by atoms with van der Waals surface area (Å²) in [5, 5.41) is 1.46. The smallest absolute Gasteiger partial charge is 0.209 e. The number of aryl methyl sites for hydroxylation is 1. The van der Waals surface area contributed by atoms with Gasteiger partial charge in [0.25, 0.3) is 0 Å². The van der Waals surface area contributed by atoms with Crippen molar-refractivity contribution in [1.29, 1.82) is 0 Å². The number of likely N-dealkylation sites (N-methyl/N-ethyl adjacent to an activating group) is 1. The van der Waals surface area contributed by atoms with E-state index in [4.69, 9.17) is 23.2 Å². The predicted molar refractivity (Wildman–Crippen MR) is 139 cm³/mol. The first kappa shape index (κ1) is 22.9. The van der Waals surface area contributed by atoms with Crippen LogP contribution in [0.3, 0.4) is 0 Å². The van der Waals surface area contributed by atoms with Gasteiger partial charge in [-0.05, 0) is 62.8 Å². The van der Waals surface area contributed by atoms with Crippen LogP contribution < -0.4 is 4.90 Å². The number of hydrogen-bond donors (Lipinski definition) is 0. The van der Waals surface area contributed by atoms with E-state index in [9.17, 15) is 0 Å². The van der Waals surface area contributed by atoms with Gasteiger partial charge < -0.3 is 4.90 Å². The molecule has 166 valence electrons. The number of allylic oxidation sites excluding steroid dienone is 6. The number of benzene rings is 2. The van der Waals surface area contributed by atoms with Gasteiger partial charge in [-0.2, -0.15) is 4.58 Å². The van der Waals surface area contributed by atoms with Crippen molar-refractivity contribution in [3.8, 4) is 0 Å². The molecule has 0 bridgehead atoms. The largest absolute Gasteiger partial charge is 0.347 e. The molecule has 0 aromatic heterocycles. The second kappa shape index (κ2) is 7.93. The summed E-state index contributed by atoms with van der Waals surface area (Å²) in [6.07, 6.45) is 8.24. The maximum absolute atomic E-state index is 6.65. The van der Waals surface area contributed by atoms with E-state index in [0.717, 1.165) is 5.02 Å². The zero-order valence-electron chi connectivity index (χ0n) is 19.9. The fourth-order valence-electron chi connectivity index (χ4n) is 5.13. The van der Waals surface area contributed by atoms with E-state index in [2.05, 4.69) is 101 Å². The minimum absolute atomic E-state index is 0.0726. The number of fused-ring (bicyclic) bond motifs is 2. The first-order chi connectivity index (χ1) is 14.9. The molecule has 4 heteroatoms. The van der Waals surface area contributed by atoms with Gasteiger partial charge in [0, 0.05) is 51.6 Å². The molecule has 0 radical (unpaired) electrons. The van der Waals surface area contributed by atoms with Crippen LogP contribution in [0.25, 0.3) is 0 Å². The summed E-state index contributed by atoms with van der Waals surface area (Å²) in [6, 6.07) is 12.8. The molecule has 2 aromatic rings. The molecular weight excluding hydrogens is 435 g/mol. The molecule has 2 heterocycles. The lowest BCUT2D eigenvalue weighted by Gasteiger charge is -2.23. The first-order valence-corrected chi connectivity index (χ1v) is 11.7. The Hall–Kier alpha value is -2.29. The molecule has 0 aliphatic carbocycles. The molecule has 0 saturated carbocycles. The first-order valence-electron chi connectivity index (χ1n) is 11.0. The highest BCUT2D eigenvalue weighted by atomic mass is 35.5. The lowest BCUT2D eigenvalue weighted by Crippen LogP contribution is -2.26. The highest BCUT2D eigenvalue weighted by molar-refractivity contribution is 6.31. The fourth-order valence-corrected chi connectivity index (χ4v) is 5.43. The van der Waals surface area contributed by atoms with Crippen molar-refractivity contribution in [2.45, 2.75) is 45.4 Å². The van der Waals surface area contributed by atoms with Crippen molar-refractivity contribution in [2.75, 3.05) is 19.0 Å². The van der Waals surface area contributed by atoms with E-state index in [1.807, 2.05) is 18.2 Å². The van der Waals surface area contributed by atoms with Crippen LogP contribution >= 0.6 is 23.2 Å². The zero-order chi connectivity index (χ0) is 23.4. The predicted octanol–water partition coefficient (Wildman–Crippen LogP) is 7.64. The van der Waals surface area contributed by atoms with Gasteiger partial charge in [0.05, 0.1) is 5.41 Å². The third-order valence-electron chi connectivity index (χ3n) is 6.98. The van der Waals surface area contributed by atoms with Crippen LogP contribution in [0.2, 0.25) is 5.02 Å². The fraction of sp³-hybridized carbons (Fsp3) is 0.321. The van der Waals surface area contributed by atoms with Gasteiger partial charge in [0.15, 0.2) is 5.71 Å². The SMILES string of the molecule is Cc1ccc2c(c1)C(C)(C)\C(=C/C=C(Cl)/C=C/C1=[N+](C)c3ccc(Cl)cc3C1(C)C)N2C. The normalized spacial score (nSPS) is 20.5. The van der Waals surface area contributed by atoms with E-state index >= 15 is 0 Å². The van der Waals surface area contributed by atoms with Gasteiger partial charge in [-0.3, -0.25) is 0 Å². The highest BCUT2D eigenvalue weighted by Gasteiger charge is 2.43. The molecule has 2 nitrogen and oxygen atoms in total. The summed E-state index contributed by atoms with van der Waals surface area (Å²) in [4.78, 5) is 2.27. The average Bonchev–Trinajstić information content (AvgIpc) is 3.02. The van der Waals surface area contributed by atoms with Crippen molar-refractivity contribution < 1.29 is 4.58 Å². The summed E-state index contributed by atoms with van der Waals surface area (Å²) in [5.74, 6) is 0. The Morgan fingerprint density at radius 2 is 1.72 bits per heavy atom. The van der Waals surface area contributed by atoms with Crippen molar-refractivity contribution >= 4 is 40.3 Å². The van der Waals surface area contributed by atoms with E-state index in [1.54, 1.807) is 0 Å². The number of nitrogens with zero attached hydrogens (tertiary/aromatic N) is 2. The average molecular weight is 466 g/mol. The van der Waals surface area contributed by atoms with Crippen LogP contribution in [0, 0.1) is 6.92 Å². The Kier molecular flexibility index (Phi) is 5.68. The van der Waals surface area contributed by atoms with Crippen LogP contribution in [-0.4, -0.2) is 24.4 Å². The third-order valence-corrected chi connectivity index (χ3v) is 7.47. The molecule has 0 spiro atoms. The summed E-state index contributed by atoms with van der Waals surface area (Å²) in [7, 11) is 4.22. The molecule has 2 aliphatic rings. The monoisotopic (exact) mass is 465 g/mol. The van der Waals surface area contributed by atoms with Gasteiger partial charge in [-0.15, -0.1) is 0 Å². The summed E-state index contributed by atoms with van der Waals surface area (Å²) in [5.41, 5.74) is 8.52. The van der Waals surface area contributed by atoms with Gasteiger partial charge in [-0.25, -0.2) is 0 Å². The molecular formula is C28H31Cl2N2+. The van der Waals surface area contributed by atoms with E-state index in [0.29, 0.717) is 5.03 Å². The Balaban J connectivity index is 1.63. The summed E-state index contributed by atoms with van der Waals surface area (Å²) >= 11 is 12.9. The van der Waals surface area contributed by atoms with Crippen LogP contribution in [0.15, 0.2) is 71.4 Å². The van der Waals surface area contributed by atoms with E-state index in [-0.39, 0.29) is 10.8 Å². The molecule has 0 fully saturated rings. The zero-order valence-corrected chi connectivity index (χ0v) is 21.4. The minimum Gasteiger partial charge on any atom is -0.347 e. The van der Waals surface area contributed by atoms with E-state index in [1.165, 1.54) is 39.5 Å². The Labute approximate surface area is 202 Å². The van der Waals surface area contributed by atoms with Crippen molar-refractivity contribution in [3.05, 3.63) is 93.1 Å². The van der Waals surface area contributed by atoms with Crippen molar-refractivity contribution in [1.82, 2.24) is 0 Å². The second-order valence-corrected chi connectivity index (χ2v) is 10.7. The molecule has 0 amide bonds.